The molecule has 0 spiro atoms. The molecule has 1 saturated carbocycles. The Morgan fingerprint density at radius 3 is 2.33 bits per heavy atom. The Morgan fingerprint density at radius 1 is 1.27 bits per heavy atom. The molecule has 0 amide bonds. The summed E-state index contributed by atoms with van der Waals surface area (Å²) in [6.07, 6.45) is 7.94. The van der Waals surface area contributed by atoms with Gasteiger partial charge in [0.1, 0.15) is 6.10 Å². The average molecular weight is 212 g/mol. The molecule has 1 unspecified atom stereocenters. The first-order valence-corrected chi connectivity index (χ1v) is 6.06. The Balaban J connectivity index is 1.82. The summed E-state index contributed by atoms with van der Waals surface area (Å²) < 4.78 is 10.8. The van der Waals surface area contributed by atoms with Crippen molar-refractivity contribution in [3.05, 3.63) is 0 Å². The molecule has 0 aromatic heterocycles. The molecule has 0 N–H and O–H groups in total. The van der Waals surface area contributed by atoms with Crippen LogP contribution in [0.1, 0.15) is 51.9 Å². The molecule has 0 radical (unpaired) electrons. The van der Waals surface area contributed by atoms with Gasteiger partial charge in [-0.25, -0.2) is 4.79 Å². The first-order chi connectivity index (χ1) is 7.21. The number of carbonyl (C=O) groups is 1. The van der Waals surface area contributed by atoms with Gasteiger partial charge in [-0.15, -0.1) is 0 Å². The van der Waals surface area contributed by atoms with E-state index in [0.29, 0.717) is 6.61 Å². The van der Waals surface area contributed by atoms with Crippen LogP contribution in [0.4, 0.5) is 0 Å². The number of rotatable bonds is 2. The van der Waals surface area contributed by atoms with Gasteiger partial charge in [-0.1, -0.05) is 12.8 Å². The molecule has 0 bridgehead atoms. The minimum atomic E-state index is -0.633. The Hall–Kier alpha value is -0.570. The molecule has 0 aromatic rings. The lowest BCUT2D eigenvalue weighted by Crippen LogP contribution is -2.49. The predicted molar refractivity (Wildman–Crippen MR) is 56.6 cm³/mol. The number of ether oxygens (including phenoxy) is 2. The van der Waals surface area contributed by atoms with Crippen LogP contribution in [0.3, 0.4) is 0 Å². The molecule has 0 aromatic carbocycles. The highest BCUT2D eigenvalue weighted by atomic mass is 16.6. The van der Waals surface area contributed by atoms with E-state index < -0.39 is 5.60 Å². The number of esters is 1. The zero-order valence-electron chi connectivity index (χ0n) is 9.46. The standard InChI is InChI=1S/C12H20O3/c1-12(8-9-14-12)11(13)15-10-6-4-2-3-5-7-10/h10H,2-9H2,1H3. The van der Waals surface area contributed by atoms with Gasteiger partial charge in [0, 0.05) is 6.42 Å². The summed E-state index contributed by atoms with van der Waals surface area (Å²) in [7, 11) is 0. The van der Waals surface area contributed by atoms with Crippen LogP contribution in [-0.4, -0.2) is 24.3 Å². The topological polar surface area (TPSA) is 35.5 Å². The third-order valence-electron chi connectivity index (χ3n) is 3.51. The summed E-state index contributed by atoms with van der Waals surface area (Å²) in [5.41, 5.74) is -0.633. The molecule has 2 aliphatic rings. The van der Waals surface area contributed by atoms with E-state index in [1.54, 1.807) is 0 Å². The zero-order chi connectivity index (χ0) is 10.7. The summed E-state index contributed by atoms with van der Waals surface area (Å²) in [5, 5.41) is 0. The molecule has 86 valence electrons. The van der Waals surface area contributed by atoms with Gasteiger partial charge in [0.2, 0.25) is 0 Å². The van der Waals surface area contributed by atoms with E-state index in [4.69, 9.17) is 9.47 Å². The summed E-state index contributed by atoms with van der Waals surface area (Å²) in [6.45, 7) is 2.52. The maximum Gasteiger partial charge on any atom is 0.338 e. The van der Waals surface area contributed by atoms with E-state index in [9.17, 15) is 4.79 Å². The molecule has 1 aliphatic heterocycles. The van der Waals surface area contributed by atoms with Crippen molar-refractivity contribution in [2.24, 2.45) is 0 Å². The van der Waals surface area contributed by atoms with Crippen LogP contribution < -0.4 is 0 Å². The zero-order valence-corrected chi connectivity index (χ0v) is 9.46. The highest BCUT2D eigenvalue weighted by molar-refractivity contribution is 5.80. The Kier molecular flexibility index (Phi) is 3.29. The van der Waals surface area contributed by atoms with Crippen molar-refractivity contribution in [1.29, 1.82) is 0 Å². The molecular weight excluding hydrogens is 192 g/mol. The van der Waals surface area contributed by atoms with Gasteiger partial charge in [-0.05, 0) is 32.6 Å². The van der Waals surface area contributed by atoms with Crippen molar-refractivity contribution in [3.8, 4) is 0 Å². The molecule has 1 saturated heterocycles. The second kappa shape index (κ2) is 4.52. The minimum Gasteiger partial charge on any atom is -0.460 e. The first-order valence-electron chi connectivity index (χ1n) is 6.06. The maximum absolute atomic E-state index is 11.8. The fourth-order valence-corrected chi connectivity index (χ4v) is 2.21. The molecule has 1 heterocycles. The van der Waals surface area contributed by atoms with Gasteiger partial charge in [0.05, 0.1) is 6.61 Å². The van der Waals surface area contributed by atoms with E-state index in [1.165, 1.54) is 25.7 Å². The third-order valence-corrected chi connectivity index (χ3v) is 3.51. The highest BCUT2D eigenvalue weighted by Gasteiger charge is 2.43. The van der Waals surface area contributed by atoms with Crippen LogP contribution >= 0.6 is 0 Å². The third kappa shape index (κ3) is 2.51. The lowest BCUT2D eigenvalue weighted by atomic mass is 9.97. The highest BCUT2D eigenvalue weighted by Crippen LogP contribution is 2.29. The summed E-state index contributed by atoms with van der Waals surface area (Å²) in [4.78, 5) is 11.8. The molecule has 2 rings (SSSR count). The van der Waals surface area contributed by atoms with E-state index in [2.05, 4.69) is 0 Å². The number of hydrogen-bond acceptors (Lipinski definition) is 3. The van der Waals surface area contributed by atoms with Crippen LogP contribution in [0.2, 0.25) is 0 Å². The van der Waals surface area contributed by atoms with Crippen LogP contribution in [0.5, 0.6) is 0 Å². The van der Waals surface area contributed by atoms with Gasteiger partial charge in [-0.2, -0.15) is 0 Å². The Morgan fingerprint density at radius 2 is 1.87 bits per heavy atom. The van der Waals surface area contributed by atoms with Gasteiger partial charge < -0.3 is 9.47 Å². The van der Waals surface area contributed by atoms with Gasteiger partial charge >= 0.3 is 5.97 Å². The second-order valence-corrected chi connectivity index (χ2v) is 4.85. The van der Waals surface area contributed by atoms with Crippen LogP contribution in [0, 0.1) is 0 Å². The second-order valence-electron chi connectivity index (χ2n) is 4.85. The van der Waals surface area contributed by atoms with E-state index >= 15 is 0 Å². The van der Waals surface area contributed by atoms with E-state index in [1.807, 2.05) is 6.92 Å². The quantitative estimate of drug-likeness (QED) is 0.521. The van der Waals surface area contributed by atoms with Crippen LogP contribution in [-0.2, 0) is 14.3 Å². The predicted octanol–water partition coefficient (Wildman–Crippen LogP) is 2.43. The van der Waals surface area contributed by atoms with Crippen molar-refractivity contribution in [2.45, 2.75) is 63.6 Å². The fourth-order valence-electron chi connectivity index (χ4n) is 2.21. The lowest BCUT2D eigenvalue weighted by Gasteiger charge is -2.36. The van der Waals surface area contributed by atoms with Crippen LogP contribution in [0.25, 0.3) is 0 Å². The Bertz CT molecular complexity index is 225. The smallest absolute Gasteiger partial charge is 0.338 e. The first kappa shape index (κ1) is 10.9. The van der Waals surface area contributed by atoms with Crippen molar-refractivity contribution >= 4 is 5.97 Å². The Labute approximate surface area is 91.1 Å². The number of hydrogen-bond donors (Lipinski definition) is 0. The van der Waals surface area contributed by atoms with Gasteiger partial charge in [0.25, 0.3) is 0 Å². The van der Waals surface area contributed by atoms with Crippen LogP contribution in [0.15, 0.2) is 0 Å². The van der Waals surface area contributed by atoms with E-state index in [-0.39, 0.29) is 12.1 Å². The van der Waals surface area contributed by atoms with Gasteiger partial charge in [-0.3, -0.25) is 0 Å². The monoisotopic (exact) mass is 212 g/mol. The fraction of sp³-hybridized carbons (Fsp3) is 0.917. The van der Waals surface area contributed by atoms with E-state index in [0.717, 1.165) is 19.3 Å². The normalized spacial score (nSPS) is 32.9. The van der Waals surface area contributed by atoms with Crippen molar-refractivity contribution in [2.75, 3.05) is 6.61 Å². The maximum atomic E-state index is 11.8. The molecule has 3 nitrogen and oxygen atoms in total. The summed E-state index contributed by atoms with van der Waals surface area (Å²) in [6, 6.07) is 0. The molecule has 1 atom stereocenters. The van der Waals surface area contributed by atoms with Gasteiger partial charge in [0.15, 0.2) is 5.60 Å². The summed E-state index contributed by atoms with van der Waals surface area (Å²) in [5.74, 6) is -0.152. The SMILES string of the molecule is CC1(C(=O)OC2CCCCCC2)CCO1. The van der Waals surface area contributed by atoms with Crippen molar-refractivity contribution in [1.82, 2.24) is 0 Å². The van der Waals surface area contributed by atoms with Crippen molar-refractivity contribution < 1.29 is 14.3 Å². The lowest BCUT2D eigenvalue weighted by molar-refractivity contribution is -0.200. The summed E-state index contributed by atoms with van der Waals surface area (Å²) >= 11 is 0. The molecule has 1 aliphatic carbocycles. The molecular formula is C12H20O3. The largest absolute Gasteiger partial charge is 0.460 e. The number of carbonyl (C=O) groups excluding carboxylic acids is 1. The molecule has 2 fully saturated rings. The minimum absolute atomic E-state index is 0.140. The molecule has 15 heavy (non-hydrogen) atoms. The average Bonchev–Trinajstić information content (AvgIpc) is 2.42. The molecule has 3 heteroatoms. The van der Waals surface area contributed by atoms with Crippen molar-refractivity contribution in [3.63, 3.8) is 0 Å².